The van der Waals surface area contributed by atoms with Crippen molar-refractivity contribution in [2.75, 3.05) is 6.54 Å². The molecule has 1 heterocycles. The Hall–Kier alpha value is -0.930. The number of nitrogens with zero attached hydrogens (tertiary/aromatic N) is 1. The summed E-state index contributed by atoms with van der Waals surface area (Å²) in [6, 6.07) is 6.12. The third kappa shape index (κ3) is 2.80. The first-order valence-corrected chi connectivity index (χ1v) is 6.06. The van der Waals surface area contributed by atoms with Crippen LogP contribution in [0.15, 0.2) is 24.4 Å². The van der Waals surface area contributed by atoms with Crippen LogP contribution < -0.4 is 5.32 Å². The molecule has 1 fully saturated rings. The molecule has 2 rings (SSSR count). The normalized spacial score (nSPS) is 20.9. The molecule has 0 spiro atoms. The monoisotopic (exact) mass is 220 g/mol. The van der Waals surface area contributed by atoms with Crippen molar-refractivity contribution in [2.45, 2.75) is 44.2 Å². The van der Waals surface area contributed by atoms with Gasteiger partial charge in [-0.15, -0.1) is 0 Å². The average molecular weight is 220 g/mol. The first-order chi connectivity index (χ1) is 7.70. The summed E-state index contributed by atoms with van der Waals surface area (Å²) in [5.41, 5.74) is 0.548. The van der Waals surface area contributed by atoms with Crippen LogP contribution in [0.25, 0.3) is 0 Å². The molecule has 0 saturated heterocycles. The molecule has 0 amide bonds. The van der Waals surface area contributed by atoms with Gasteiger partial charge in [-0.2, -0.15) is 0 Å². The molecule has 0 bridgehead atoms. The molecule has 3 nitrogen and oxygen atoms in total. The quantitative estimate of drug-likeness (QED) is 0.816. The summed E-state index contributed by atoms with van der Waals surface area (Å²) in [6.45, 7) is 2.76. The van der Waals surface area contributed by atoms with Crippen molar-refractivity contribution in [3.8, 4) is 0 Å². The van der Waals surface area contributed by atoms with Crippen LogP contribution in [-0.4, -0.2) is 22.2 Å². The fraction of sp³-hybridized carbons (Fsp3) is 0.615. The smallest absolute Gasteiger partial charge is 0.0771 e. The van der Waals surface area contributed by atoms with Crippen molar-refractivity contribution in [3.63, 3.8) is 0 Å². The molecule has 1 saturated carbocycles. The van der Waals surface area contributed by atoms with Crippen LogP contribution in [0.2, 0.25) is 0 Å². The Morgan fingerprint density at radius 2 is 2.19 bits per heavy atom. The number of aromatic nitrogens is 1. The van der Waals surface area contributed by atoms with E-state index in [9.17, 15) is 5.11 Å². The molecule has 88 valence electrons. The van der Waals surface area contributed by atoms with Crippen molar-refractivity contribution in [3.05, 3.63) is 30.1 Å². The number of pyridine rings is 1. The lowest BCUT2D eigenvalue weighted by atomic mass is 10.0. The van der Waals surface area contributed by atoms with Gasteiger partial charge in [0.15, 0.2) is 0 Å². The topological polar surface area (TPSA) is 45.1 Å². The maximum atomic E-state index is 10.2. The second-order valence-electron chi connectivity index (χ2n) is 4.79. The van der Waals surface area contributed by atoms with E-state index in [1.54, 1.807) is 6.20 Å². The van der Waals surface area contributed by atoms with Crippen LogP contribution in [0, 0.1) is 0 Å². The molecule has 1 aliphatic rings. The lowest BCUT2D eigenvalue weighted by Crippen LogP contribution is -2.39. The lowest BCUT2D eigenvalue weighted by Gasteiger charge is -2.25. The molecular weight excluding hydrogens is 200 g/mol. The zero-order valence-electron chi connectivity index (χ0n) is 9.82. The van der Waals surface area contributed by atoms with E-state index in [2.05, 4.69) is 17.2 Å². The Kier molecular flexibility index (Phi) is 3.56. The largest absolute Gasteiger partial charge is 0.389 e. The SMILES string of the molecule is C[C@H](NCC1(O)CCCC1)c1ccccn1. The maximum Gasteiger partial charge on any atom is 0.0771 e. The van der Waals surface area contributed by atoms with Gasteiger partial charge in [0.1, 0.15) is 0 Å². The molecule has 0 aromatic carbocycles. The summed E-state index contributed by atoms with van der Waals surface area (Å²) in [4.78, 5) is 4.30. The van der Waals surface area contributed by atoms with Gasteiger partial charge in [-0.3, -0.25) is 4.98 Å². The molecule has 3 heteroatoms. The van der Waals surface area contributed by atoms with E-state index < -0.39 is 5.60 Å². The highest BCUT2D eigenvalue weighted by Gasteiger charge is 2.31. The Balaban J connectivity index is 1.86. The van der Waals surface area contributed by atoms with E-state index in [1.807, 2.05) is 18.2 Å². The van der Waals surface area contributed by atoms with Gasteiger partial charge in [0.25, 0.3) is 0 Å². The standard InChI is InChI=1S/C13H20N2O/c1-11(12-6-2-5-9-14-12)15-10-13(16)7-3-4-8-13/h2,5-6,9,11,15-16H,3-4,7-8,10H2,1H3/t11-/m0/s1. The number of hydrogen-bond donors (Lipinski definition) is 2. The van der Waals surface area contributed by atoms with E-state index in [1.165, 1.54) is 0 Å². The van der Waals surface area contributed by atoms with Gasteiger partial charge >= 0.3 is 0 Å². The fourth-order valence-electron chi connectivity index (χ4n) is 2.29. The maximum absolute atomic E-state index is 10.2. The zero-order valence-corrected chi connectivity index (χ0v) is 9.82. The second-order valence-corrected chi connectivity index (χ2v) is 4.79. The van der Waals surface area contributed by atoms with Crippen molar-refractivity contribution in [1.82, 2.24) is 10.3 Å². The van der Waals surface area contributed by atoms with E-state index in [0.29, 0.717) is 6.54 Å². The molecule has 16 heavy (non-hydrogen) atoms. The van der Waals surface area contributed by atoms with Crippen molar-refractivity contribution in [1.29, 1.82) is 0 Å². The van der Waals surface area contributed by atoms with E-state index >= 15 is 0 Å². The number of nitrogens with one attached hydrogen (secondary N) is 1. The number of aliphatic hydroxyl groups is 1. The van der Waals surface area contributed by atoms with Crippen molar-refractivity contribution >= 4 is 0 Å². The summed E-state index contributed by atoms with van der Waals surface area (Å²) in [7, 11) is 0. The minimum atomic E-state index is -0.483. The van der Waals surface area contributed by atoms with Gasteiger partial charge in [-0.1, -0.05) is 18.9 Å². The second kappa shape index (κ2) is 4.93. The summed E-state index contributed by atoms with van der Waals surface area (Å²) < 4.78 is 0. The van der Waals surface area contributed by atoms with Crippen LogP contribution >= 0.6 is 0 Å². The van der Waals surface area contributed by atoms with Gasteiger partial charge in [-0.05, 0) is 31.9 Å². The third-order valence-corrected chi connectivity index (χ3v) is 3.40. The van der Waals surface area contributed by atoms with Gasteiger partial charge in [0.05, 0.1) is 11.3 Å². The zero-order chi connectivity index (χ0) is 11.4. The molecule has 1 aliphatic carbocycles. The molecule has 2 N–H and O–H groups in total. The van der Waals surface area contributed by atoms with Crippen LogP contribution in [0.3, 0.4) is 0 Å². The van der Waals surface area contributed by atoms with Crippen LogP contribution in [0.5, 0.6) is 0 Å². The van der Waals surface area contributed by atoms with Gasteiger partial charge < -0.3 is 10.4 Å². The van der Waals surface area contributed by atoms with Crippen LogP contribution in [0.1, 0.15) is 44.3 Å². The third-order valence-electron chi connectivity index (χ3n) is 3.40. The highest BCUT2D eigenvalue weighted by Crippen LogP contribution is 2.29. The Bertz CT molecular complexity index is 320. The highest BCUT2D eigenvalue weighted by atomic mass is 16.3. The predicted octanol–water partition coefficient (Wildman–Crippen LogP) is 2.04. The number of rotatable bonds is 4. The van der Waals surface area contributed by atoms with E-state index in [0.717, 1.165) is 31.4 Å². The summed E-state index contributed by atoms with van der Waals surface area (Å²) in [6.07, 6.45) is 5.95. The van der Waals surface area contributed by atoms with E-state index in [4.69, 9.17) is 0 Å². The Labute approximate surface area is 96.9 Å². The minimum Gasteiger partial charge on any atom is -0.389 e. The minimum absolute atomic E-state index is 0.200. The van der Waals surface area contributed by atoms with Gasteiger partial charge in [-0.25, -0.2) is 0 Å². The Morgan fingerprint density at radius 3 is 2.81 bits per heavy atom. The molecular formula is C13H20N2O. The first kappa shape index (κ1) is 11.6. The summed E-state index contributed by atoms with van der Waals surface area (Å²) in [5, 5.41) is 13.6. The molecule has 0 aliphatic heterocycles. The van der Waals surface area contributed by atoms with Crippen LogP contribution in [0.4, 0.5) is 0 Å². The van der Waals surface area contributed by atoms with Gasteiger partial charge in [0.2, 0.25) is 0 Å². The molecule has 1 aromatic heterocycles. The van der Waals surface area contributed by atoms with Crippen molar-refractivity contribution in [2.24, 2.45) is 0 Å². The molecule has 0 unspecified atom stereocenters. The molecule has 1 aromatic rings. The fourth-order valence-corrected chi connectivity index (χ4v) is 2.29. The Morgan fingerprint density at radius 1 is 1.44 bits per heavy atom. The molecule has 0 radical (unpaired) electrons. The van der Waals surface area contributed by atoms with E-state index in [-0.39, 0.29) is 6.04 Å². The lowest BCUT2D eigenvalue weighted by molar-refractivity contribution is 0.0452. The van der Waals surface area contributed by atoms with Crippen LogP contribution in [-0.2, 0) is 0 Å². The van der Waals surface area contributed by atoms with Crippen molar-refractivity contribution < 1.29 is 5.11 Å². The summed E-state index contributed by atoms with van der Waals surface area (Å²) >= 11 is 0. The summed E-state index contributed by atoms with van der Waals surface area (Å²) in [5.74, 6) is 0. The average Bonchev–Trinajstić information content (AvgIpc) is 2.75. The highest BCUT2D eigenvalue weighted by molar-refractivity contribution is 5.07. The van der Waals surface area contributed by atoms with Gasteiger partial charge in [0, 0.05) is 18.8 Å². The molecule has 1 atom stereocenters. The number of hydrogen-bond acceptors (Lipinski definition) is 3. The predicted molar refractivity (Wildman–Crippen MR) is 64.1 cm³/mol. The first-order valence-electron chi connectivity index (χ1n) is 6.06.